The molecule has 0 aliphatic carbocycles. The molecule has 1 rings (SSSR count). The van der Waals surface area contributed by atoms with E-state index in [-0.39, 0.29) is 5.56 Å². The summed E-state index contributed by atoms with van der Waals surface area (Å²) in [5, 5.41) is 0.880. The van der Waals surface area contributed by atoms with Crippen molar-refractivity contribution in [3.8, 4) is 0 Å². The number of halogens is 2. The summed E-state index contributed by atoms with van der Waals surface area (Å²) in [6.45, 7) is 4.62. The summed E-state index contributed by atoms with van der Waals surface area (Å²) in [6.07, 6.45) is 1.55. The number of hydrogen-bond acceptors (Lipinski definition) is 2. The summed E-state index contributed by atoms with van der Waals surface area (Å²) < 4.78 is 2.21. The molecule has 0 saturated heterocycles. The Hall–Kier alpha value is -0.160. The molecule has 1 heterocycles. The van der Waals surface area contributed by atoms with Crippen LogP contribution in [0.2, 0.25) is 0 Å². The molecule has 1 aromatic rings. The zero-order valence-electron chi connectivity index (χ0n) is 8.13. The van der Waals surface area contributed by atoms with Gasteiger partial charge in [0.05, 0.1) is 0 Å². The number of rotatable bonds is 3. The summed E-state index contributed by atoms with van der Waals surface area (Å²) in [6, 6.07) is 0. The van der Waals surface area contributed by atoms with Gasteiger partial charge < -0.3 is 0 Å². The monoisotopic (exact) mass is 322 g/mol. The molecule has 14 heavy (non-hydrogen) atoms. The average molecular weight is 324 g/mol. The van der Waals surface area contributed by atoms with Crippen molar-refractivity contribution in [2.24, 2.45) is 5.92 Å². The van der Waals surface area contributed by atoms with Gasteiger partial charge in [0, 0.05) is 18.1 Å². The summed E-state index contributed by atoms with van der Waals surface area (Å²) in [5.41, 5.74) is -0.00898. The Bertz CT molecular complexity index is 376. The van der Waals surface area contributed by atoms with Crippen LogP contribution in [0.5, 0.6) is 0 Å². The van der Waals surface area contributed by atoms with Gasteiger partial charge in [0.1, 0.15) is 10.3 Å². The second-order valence-corrected chi connectivity index (χ2v) is 4.83. The number of aromatic nitrogens is 2. The van der Waals surface area contributed by atoms with Crippen LogP contribution < -0.4 is 5.56 Å². The predicted molar refractivity (Wildman–Crippen MR) is 63.9 cm³/mol. The lowest BCUT2D eigenvalue weighted by Crippen LogP contribution is -2.27. The van der Waals surface area contributed by atoms with Crippen molar-refractivity contribution in [1.29, 1.82) is 0 Å². The third kappa shape index (κ3) is 2.67. The highest BCUT2D eigenvalue weighted by molar-refractivity contribution is 9.10. The standard InChI is InChI=1S/C9H12Br2N2O/c1-6(3-10)5-13-7(2)12-4-8(11)9(13)14/h4,6H,3,5H2,1-2H3. The van der Waals surface area contributed by atoms with Crippen molar-refractivity contribution in [3.05, 3.63) is 26.8 Å². The minimum absolute atomic E-state index is 0.00898. The van der Waals surface area contributed by atoms with E-state index in [0.717, 1.165) is 11.2 Å². The third-order valence-electron chi connectivity index (χ3n) is 1.96. The second-order valence-electron chi connectivity index (χ2n) is 3.33. The molecule has 0 amide bonds. The lowest BCUT2D eigenvalue weighted by Gasteiger charge is -2.12. The van der Waals surface area contributed by atoms with E-state index in [0.29, 0.717) is 16.9 Å². The maximum Gasteiger partial charge on any atom is 0.267 e. The highest BCUT2D eigenvalue weighted by atomic mass is 79.9. The van der Waals surface area contributed by atoms with Crippen LogP contribution >= 0.6 is 31.9 Å². The quantitative estimate of drug-likeness (QED) is 0.800. The van der Waals surface area contributed by atoms with Crippen LogP contribution in [0.4, 0.5) is 0 Å². The van der Waals surface area contributed by atoms with Crippen molar-refractivity contribution in [3.63, 3.8) is 0 Å². The van der Waals surface area contributed by atoms with Crippen molar-refractivity contribution >= 4 is 31.9 Å². The molecule has 0 radical (unpaired) electrons. The highest BCUT2D eigenvalue weighted by Gasteiger charge is 2.08. The smallest absolute Gasteiger partial charge is 0.267 e. The van der Waals surface area contributed by atoms with Crippen LogP contribution in [-0.4, -0.2) is 14.9 Å². The first-order valence-electron chi connectivity index (χ1n) is 4.34. The minimum atomic E-state index is -0.00898. The van der Waals surface area contributed by atoms with Gasteiger partial charge in [-0.1, -0.05) is 22.9 Å². The summed E-state index contributed by atoms with van der Waals surface area (Å²) in [7, 11) is 0. The first-order chi connectivity index (χ1) is 6.56. The van der Waals surface area contributed by atoms with Gasteiger partial charge in [0.15, 0.2) is 0 Å². The van der Waals surface area contributed by atoms with Crippen LogP contribution in [-0.2, 0) is 6.54 Å². The molecule has 0 aliphatic heterocycles. The first-order valence-corrected chi connectivity index (χ1v) is 6.25. The molecule has 5 heteroatoms. The molecule has 78 valence electrons. The lowest BCUT2D eigenvalue weighted by molar-refractivity contribution is 0.501. The fourth-order valence-electron chi connectivity index (χ4n) is 1.13. The first kappa shape index (κ1) is 11.9. The molecule has 3 nitrogen and oxygen atoms in total. The molecule has 0 fully saturated rings. The van der Waals surface area contributed by atoms with E-state index in [2.05, 4.69) is 43.8 Å². The molecule has 0 saturated carbocycles. The number of aryl methyl sites for hydroxylation is 1. The third-order valence-corrected chi connectivity index (χ3v) is 3.61. The molecule has 0 aliphatic rings. The van der Waals surface area contributed by atoms with Crippen LogP contribution in [0.15, 0.2) is 15.5 Å². The normalized spacial score (nSPS) is 12.9. The van der Waals surface area contributed by atoms with Crippen molar-refractivity contribution in [2.75, 3.05) is 5.33 Å². The van der Waals surface area contributed by atoms with E-state index >= 15 is 0 Å². The molecule has 0 N–H and O–H groups in total. The Morgan fingerprint density at radius 2 is 2.29 bits per heavy atom. The van der Waals surface area contributed by atoms with Crippen LogP contribution in [0.1, 0.15) is 12.7 Å². The van der Waals surface area contributed by atoms with Gasteiger partial charge >= 0.3 is 0 Å². The van der Waals surface area contributed by atoms with E-state index in [1.165, 1.54) is 0 Å². The molecule has 1 aromatic heterocycles. The molecular weight excluding hydrogens is 312 g/mol. The molecule has 1 atom stereocenters. The number of hydrogen-bond donors (Lipinski definition) is 0. The van der Waals surface area contributed by atoms with Crippen LogP contribution in [0.3, 0.4) is 0 Å². The molecule has 0 bridgehead atoms. The van der Waals surface area contributed by atoms with Gasteiger partial charge in [-0.3, -0.25) is 9.36 Å². The summed E-state index contributed by atoms with van der Waals surface area (Å²) in [5.74, 6) is 1.17. The average Bonchev–Trinajstić information content (AvgIpc) is 2.18. The van der Waals surface area contributed by atoms with Gasteiger partial charge in [-0.05, 0) is 28.8 Å². The second kappa shape index (κ2) is 5.07. The Kier molecular flexibility index (Phi) is 4.31. The SMILES string of the molecule is Cc1ncc(Br)c(=O)n1CC(C)CBr. The van der Waals surface area contributed by atoms with Crippen molar-refractivity contribution in [2.45, 2.75) is 20.4 Å². The fourth-order valence-corrected chi connectivity index (χ4v) is 1.65. The maximum atomic E-state index is 11.7. The van der Waals surface area contributed by atoms with Crippen molar-refractivity contribution in [1.82, 2.24) is 9.55 Å². The molecule has 1 unspecified atom stereocenters. The largest absolute Gasteiger partial charge is 0.296 e. The molecule has 0 aromatic carbocycles. The Balaban J connectivity index is 3.07. The van der Waals surface area contributed by atoms with Gasteiger partial charge in [0.2, 0.25) is 0 Å². The van der Waals surface area contributed by atoms with Crippen LogP contribution in [0.25, 0.3) is 0 Å². The topological polar surface area (TPSA) is 34.9 Å². The Morgan fingerprint density at radius 1 is 1.64 bits per heavy atom. The lowest BCUT2D eigenvalue weighted by atomic mass is 10.2. The molecule has 0 spiro atoms. The van der Waals surface area contributed by atoms with E-state index < -0.39 is 0 Å². The van der Waals surface area contributed by atoms with Crippen LogP contribution in [0, 0.1) is 12.8 Å². The van der Waals surface area contributed by atoms with E-state index in [1.807, 2.05) is 6.92 Å². The van der Waals surface area contributed by atoms with Crippen molar-refractivity contribution < 1.29 is 0 Å². The zero-order valence-corrected chi connectivity index (χ0v) is 11.3. The van der Waals surface area contributed by atoms with E-state index in [9.17, 15) is 4.79 Å². The summed E-state index contributed by atoms with van der Waals surface area (Å²) in [4.78, 5) is 15.8. The zero-order chi connectivity index (χ0) is 10.7. The Morgan fingerprint density at radius 3 is 2.86 bits per heavy atom. The predicted octanol–water partition coefficient (Wildman–Crippen LogP) is 2.35. The van der Waals surface area contributed by atoms with Gasteiger partial charge in [-0.15, -0.1) is 0 Å². The summed E-state index contributed by atoms with van der Waals surface area (Å²) >= 11 is 6.58. The van der Waals surface area contributed by atoms with Gasteiger partial charge in [-0.2, -0.15) is 0 Å². The fraction of sp³-hybridized carbons (Fsp3) is 0.556. The van der Waals surface area contributed by atoms with E-state index in [4.69, 9.17) is 0 Å². The number of alkyl halides is 1. The highest BCUT2D eigenvalue weighted by Crippen LogP contribution is 2.06. The number of nitrogens with zero attached hydrogens (tertiary/aromatic N) is 2. The van der Waals surface area contributed by atoms with Gasteiger partial charge in [-0.25, -0.2) is 4.98 Å². The maximum absolute atomic E-state index is 11.7. The van der Waals surface area contributed by atoms with Gasteiger partial charge in [0.25, 0.3) is 5.56 Å². The molecular formula is C9H12Br2N2O. The minimum Gasteiger partial charge on any atom is -0.296 e. The van der Waals surface area contributed by atoms with E-state index in [1.54, 1.807) is 10.8 Å². The Labute approximate surface area is 99.8 Å².